The Morgan fingerprint density at radius 1 is 1.04 bits per heavy atom. The van der Waals surface area contributed by atoms with Crippen molar-refractivity contribution in [2.24, 2.45) is 0 Å². The summed E-state index contributed by atoms with van der Waals surface area (Å²) in [4.78, 5) is 28.1. The topological polar surface area (TPSA) is 61.9 Å². The SMILES string of the molecule is COC(=O)c1cccc(N2CCN(C(=O)NCc3ccc(C)cc3)CC2)c1. The molecule has 0 radical (unpaired) electrons. The number of carbonyl (C=O) groups excluding carboxylic acids is 2. The second-order valence-electron chi connectivity index (χ2n) is 6.66. The van der Waals surface area contributed by atoms with Crippen molar-refractivity contribution in [2.75, 3.05) is 38.2 Å². The van der Waals surface area contributed by atoms with Gasteiger partial charge in [0.2, 0.25) is 0 Å². The van der Waals surface area contributed by atoms with Crippen molar-refractivity contribution in [1.29, 1.82) is 0 Å². The van der Waals surface area contributed by atoms with Crippen LogP contribution in [0, 0.1) is 6.92 Å². The van der Waals surface area contributed by atoms with E-state index in [0.717, 1.165) is 24.3 Å². The van der Waals surface area contributed by atoms with E-state index in [1.165, 1.54) is 12.7 Å². The number of rotatable bonds is 4. The van der Waals surface area contributed by atoms with Crippen LogP contribution in [0.4, 0.5) is 10.5 Å². The highest BCUT2D eigenvalue weighted by Crippen LogP contribution is 2.19. The fourth-order valence-corrected chi connectivity index (χ4v) is 3.11. The highest BCUT2D eigenvalue weighted by atomic mass is 16.5. The minimum atomic E-state index is -0.342. The number of hydrogen-bond donors (Lipinski definition) is 1. The number of nitrogens with zero attached hydrogens (tertiary/aromatic N) is 2. The molecule has 1 aliphatic rings. The van der Waals surface area contributed by atoms with Gasteiger partial charge in [0.25, 0.3) is 0 Å². The first-order chi connectivity index (χ1) is 13.1. The maximum atomic E-state index is 12.4. The number of esters is 1. The molecule has 1 heterocycles. The zero-order valence-electron chi connectivity index (χ0n) is 15.8. The molecular formula is C21H25N3O3. The van der Waals surface area contributed by atoms with Crippen molar-refractivity contribution in [1.82, 2.24) is 10.2 Å². The molecule has 3 rings (SSSR count). The smallest absolute Gasteiger partial charge is 0.337 e. The molecule has 1 aliphatic heterocycles. The minimum Gasteiger partial charge on any atom is -0.465 e. The van der Waals surface area contributed by atoms with Gasteiger partial charge in [-0.25, -0.2) is 9.59 Å². The maximum Gasteiger partial charge on any atom is 0.337 e. The van der Waals surface area contributed by atoms with Crippen molar-refractivity contribution in [3.05, 3.63) is 65.2 Å². The standard InChI is InChI=1S/C21H25N3O3/c1-16-6-8-17(9-7-16)15-22-21(26)24-12-10-23(11-13-24)19-5-3-4-18(14-19)20(25)27-2/h3-9,14H,10-13,15H2,1-2H3,(H,22,26). The van der Waals surface area contributed by atoms with Crippen molar-refractivity contribution in [3.63, 3.8) is 0 Å². The lowest BCUT2D eigenvalue weighted by Gasteiger charge is -2.36. The number of methoxy groups -OCH3 is 1. The van der Waals surface area contributed by atoms with Crippen LogP contribution in [-0.2, 0) is 11.3 Å². The Morgan fingerprint density at radius 2 is 1.74 bits per heavy atom. The molecule has 0 bridgehead atoms. The van der Waals surface area contributed by atoms with Crippen LogP contribution >= 0.6 is 0 Å². The molecule has 27 heavy (non-hydrogen) atoms. The second-order valence-corrected chi connectivity index (χ2v) is 6.66. The van der Waals surface area contributed by atoms with Gasteiger partial charge in [0.1, 0.15) is 0 Å². The van der Waals surface area contributed by atoms with Crippen LogP contribution < -0.4 is 10.2 Å². The lowest BCUT2D eigenvalue weighted by Crippen LogP contribution is -2.51. The molecule has 2 amide bonds. The first-order valence-corrected chi connectivity index (χ1v) is 9.08. The van der Waals surface area contributed by atoms with Gasteiger partial charge in [0, 0.05) is 38.4 Å². The summed E-state index contributed by atoms with van der Waals surface area (Å²) in [7, 11) is 1.38. The monoisotopic (exact) mass is 367 g/mol. The van der Waals surface area contributed by atoms with E-state index in [1.54, 1.807) is 6.07 Å². The highest BCUT2D eigenvalue weighted by Gasteiger charge is 2.21. The van der Waals surface area contributed by atoms with Gasteiger partial charge < -0.3 is 19.9 Å². The molecule has 2 aromatic carbocycles. The van der Waals surface area contributed by atoms with Gasteiger partial charge in [0.15, 0.2) is 0 Å². The van der Waals surface area contributed by atoms with Crippen LogP contribution in [0.3, 0.4) is 0 Å². The second kappa shape index (κ2) is 8.58. The fraction of sp³-hybridized carbons (Fsp3) is 0.333. The summed E-state index contributed by atoms with van der Waals surface area (Å²) >= 11 is 0. The Balaban J connectivity index is 1.51. The van der Waals surface area contributed by atoms with E-state index >= 15 is 0 Å². The average molecular weight is 367 g/mol. The van der Waals surface area contributed by atoms with Gasteiger partial charge in [0.05, 0.1) is 12.7 Å². The van der Waals surface area contributed by atoms with Crippen LogP contribution in [0.5, 0.6) is 0 Å². The summed E-state index contributed by atoms with van der Waals surface area (Å²) in [5.74, 6) is -0.342. The van der Waals surface area contributed by atoms with Crippen molar-refractivity contribution < 1.29 is 14.3 Å². The van der Waals surface area contributed by atoms with Gasteiger partial charge in [-0.3, -0.25) is 0 Å². The Labute approximate surface area is 159 Å². The number of piperazine rings is 1. The molecule has 142 valence electrons. The Kier molecular flexibility index (Phi) is 5.96. The Bertz CT molecular complexity index is 797. The van der Waals surface area contributed by atoms with E-state index in [4.69, 9.17) is 4.74 Å². The van der Waals surface area contributed by atoms with Crippen LogP contribution in [0.15, 0.2) is 48.5 Å². The Morgan fingerprint density at radius 3 is 2.41 bits per heavy atom. The number of ether oxygens (including phenoxy) is 1. The Hall–Kier alpha value is -3.02. The molecule has 0 aromatic heterocycles. The molecule has 1 fully saturated rings. The number of urea groups is 1. The normalized spacial score (nSPS) is 14.0. The zero-order valence-corrected chi connectivity index (χ0v) is 15.8. The zero-order chi connectivity index (χ0) is 19.2. The van der Waals surface area contributed by atoms with Crippen molar-refractivity contribution in [2.45, 2.75) is 13.5 Å². The first kappa shape index (κ1) is 18.8. The number of carbonyl (C=O) groups is 2. The molecule has 2 aromatic rings. The van der Waals surface area contributed by atoms with E-state index < -0.39 is 0 Å². The predicted octanol–water partition coefficient (Wildman–Crippen LogP) is 2.81. The highest BCUT2D eigenvalue weighted by molar-refractivity contribution is 5.90. The van der Waals surface area contributed by atoms with Gasteiger partial charge in [-0.05, 0) is 30.7 Å². The summed E-state index contributed by atoms with van der Waals surface area (Å²) in [6.45, 7) is 5.30. The molecule has 0 atom stereocenters. The van der Waals surface area contributed by atoms with E-state index in [2.05, 4.69) is 10.2 Å². The number of amides is 2. The molecule has 6 heteroatoms. The third-order valence-corrected chi connectivity index (χ3v) is 4.76. The molecule has 0 aliphatic carbocycles. The summed E-state index contributed by atoms with van der Waals surface area (Å²) < 4.78 is 4.78. The van der Waals surface area contributed by atoms with Gasteiger partial charge in [-0.2, -0.15) is 0 Å². The molecule has 0 unspecified atom stereocenters. The lowest BCUT2D eigenvalue weighted by atomic mass is 10.1. The third-order valence-electron chi connectivity index (χ3n) is 4.76. The summed E-state index contributed by atoms with van der Waals surface area (Å²) in [6, 6.07) is 15.5. The molecule has 6 nitrogen and oxygen atoms in total. The molecule has 0 spiro atoms. The summed E-state index contributed by atoms with van der Waals surface area (Å²) in [5.41, 5.74) is 3.80. The van der Waals surface area contributed by atoms with Crippen LogP contribution in [0.2, 0.25) is 0 Å². The van der Waals surface area contributed by atoms with E-state index in [0.29, 0.717) is 25.2 Å². The molecule has 1 saturated heterocycles. The summed E-state index contributed by atoms with van der Waals surface area (Å²) in [5, 5.41) is 2.98. The van der Waals surface area contributed by atoms with Gasteiger partial charge in [-0.15, -0.1) is 0 Å². The van der Waals surface area contributed by atoms with Crippen molar-refractivity contribution in [3.8, 4) is 0 Å². The lowest BCUT2D eigenvalue weighted by molar-refractivity contribution is 0.0600. The number of hydrogen-bond acceptors (Lipinski definition) is 4. The van der Waals surface area contributed by atoms with Gasteiger partial charge in [-0.1, -0.05) is 35.9 Å². The maximum absolute atomic E-state index is 12.4. The number of aryl methyl sites for hydroxylation is 1. The third kappa shape index (κ3) is 4.78. The number of benzene rings is 2. The average Bonchev–Trinajstić information content (AvgIpc) is 2.72. The fourth-order valence-electron chi connectivity index (χ4n) is 3.11. The van der Waals surface area contributed by atoms with Crippen LogP contribution in [-0.4, -0.2) is 50.2 Å². The molecule has 0 saturated carbocycles. The first-order valence-electron chi connectivity index (χ1n) is 9.08. The van der Waals surface area contributed by atoms with Crippen LogP contribution in [0.25, 0.3) is 0 Å². The summed E-state index contributed by atoms with van der Waals surface area (Å²) in [6.07, 6.45) is 0. The van der Waals surface area contributed by atoms with E-state index in [1.807, 2.05) is 54.3 Å². The molecular weight excluding hydrogens is 342 g/mol. The minimum absolute atomic E-state index is 0.0430. The van der Waals surface area contributed by atoms with Crippen LogP contribution in [0.1, 0.15) is 21.5 Å². The van der Waals surface area contributed by atoms with Crippen molar-refractivity contribution >= 4 is 17.7 Å². The number of anilines is 1. The van der Waals surface area contributed by atoms with Gasteiger partial charge >= 0.3 is 12.0 Å². The predicted molar refractivity (Wildman–Crippen MR) is 105 cm³/mol. The van der Waals surface area contributed by atoms with E-state index in [-0.39, 0.29) is 12.0 Å². The number of nitrogens with one attached hydrogen (secondary N) is 1. The quantitative estimate of drug-likeness (QED) is 0.844. The largest absolute Gasteiger partial charge is 0.465 e. The van der Waals surface area contributed by atoms with E-state index in [9.17, 15) is 9.59 Å². The molecule has 1 N–H and O–H groups in total.